The molecule has 5 heteroatoms. The highest BCUT2D eigenvalue weighted by atomic mass is 35.5. The van der Waals surface area contributed by atoms with Crippen LogP contribution in [-0.4, -0.2) is 20.6 Å². The highest BCUT2D eigenvalue weighted by Gasteiger charge is 2.15. The maximum atomic E-state index is 11.1. The monoisotopic (exact) mass is 250 g/mol. The van der Waals surface area contributed by atoms with Gasteiger partial charge in [-0.2, -0.15) is 0 Å². The molecule has 0 amide bonds. The van der Waals surface area contributed by atoms with Gasteiger partial charge in [-0.15, -0.1) is 0 Å². The van der Waals surface area contributed by atoms with E-state index >= 15 is 0 Å². The van der Waals surface area contributed by atoms with Gasteiger partial charge in [0.2, 0.25) is 0 Å². The van der Waals surface area contributed by atoms with Crippen LogP contribution in [0.4, 0.5) is 0 Å². The maximum Gasteiger partial charge on any atom is 0.336 e. The van der Waals surface area contributed by atoms with Crippen molar-refractivity contribution >= 4 is 17.6 Å². The van der Waals surface area contributed by atoms with Crippen molar-refractivity contribution in [3.8, 4) is 11.4 Å². The minimum absolute atomic E-state index is 0.204. The lowest BCUT2D eigenvalue weighted by molar-refractivity contribution is 0.0697. The van der Waals surface area contributed by atoms with E-state index in [2.05, 4.69) is 4.98 Å². The van der Waals surface area contributed by atoms with Crippen molar-refractivity contribution in [2.75, 3.05) is 0 Å². The van der Waals surface area contributed by atoms with Crippen LogP contribution in [0.2, 0.25) is 5.02 Å². The number of aromatic nitrogens is 2. The van der Waals surface area contributed by atoms with E-state index in [4.69, 9.17) is 16.7 Å². The quantitative estimate of drug-likeness (QED) is 0.911. The summed E-state index contributed by atoms with van der Waals surface area (Å²) in [5, 5.41) is 9.63. The van der Waals surface area contributed by atoms with Gasteiger partial charge >= 0.3 is 5.97 Å². The van der Waals surface area contributed by atoms with E-state index in [-0.39, 0.29) is 5.56 Å². The molecule has 1 aromatic heterocycles. The molecule has 0 fully saturated rings. The summed E-state index contributed by atoms with van der Waals surface area (Å²) in [6, 6.07) is 4.68. The fourth-order valence-corrected chi connectivity index (χ4v) is 1.87. The molecule has 2 aromatic rings. The molecule has 1 aromatic carbocycles. The maximum absolute atomic E-state index is 11.1. The van der Waals surface area contributed by atoms with Gasteiger partial charge in [-0.25, -0.2) is 9.78 Å². The number of halogens is 1. The summed E-state index contributed by atoms with van der Waals surface area (Å²) in [5.74, 6) is -0.366. The molecule has 0 unspecified atom stereocenters. The van der Waals surface area contributed by atoms with E-state index in [9.17, 15) is 4.79 Å². The lowest BCUT2D eigenvalue weighted by Crippen LogP contribution is -2.03. The fraction of sp³-hybridized carbons (Fsp3) is 0.167. The Morgan fingerprint density at radius 2 is 2.29 bits per heavy atom. The molecule has 0 aliphatic heterocycles. The van der Waals surface area contributed by atoms with Crippen LogP contribution in [0.1, 0.15) is 17.3 Å². The molecule has 0 aliphatic rings. The summed E-state index contributed by atoms with van der Waals surface area (Å²) >= 11 is 5.90. The Bertz CT molecular complexity index is 563. The summed E-state index contributed by atoms with van der Waals surface area (Å²) in [6.45, 7) is 2.69. The molecule has 1 heterocycles. The van der Waals surface area contributed by atoms with Crippen molar-refractivity contribution < 1.29 is 9.90 Å². The number of aryl methyl sites for hydroxylation is 1. The zero-order chi connectivity index (χ0) is 12.4. The first-order chi connectivity index (χ1) is 8.13. The molecule has 0 spiro atoms. The Morgan fingerprint density at radius 1 is 1.53 bits per heavy atom. The SMILES string of the molecule is CCn1ccnc1-c1cc(Cl)ccc1C(=O)O. The number of nitrogens with zero attached hydrogens (tertiary/aromatic N) is 2. The second-order valence-corrected chi connectivity index (χ2v) is 3.97. The van der Waals surface area contributed by atoms with Crippen molar-refractivity contribution in [2.45, 2.75) is 13.5 Å². The highest BCUT2D eigenvalue weighted by molar-refractivity contribution is 6.31. The summed E-state index contributed by atoms with van der Waals surface area (Å²) in [5.41, 5.74) is 0.743. The van der Waals surface area contributed by atoms with Gasteiger partial charge in [-0.1, -0.05) is 11.6 Å². The van der Waals surface area contributed by atoms with Crippen molar-refractivity contribution in [1.82, 2.24) is 9.55 Å². The zero-order valence-corrected chi connectivity index (χ0v) is 9.98. The van der Waals surface area contributed by atoms with Crippen LogP contribution in [0, 0.1) is 0 Å². The van der Waals surface area contributed by atoms with Gasteiger partial charge < -0.3 is 9.67 Å². The van der Waals surface area contributed by atoms with E-state index < -0.39 is 5.97 Å². The van der Waals surface area contributed by atoms with Gasteiger partial charge in [0, 0.05) is 29.5 Å². The topological polar surface area (TPSA) is 55.1 Å². The van der Waals surface area contributed by atoms with E-state index in [0.717, 1.165) is 6.54 Å². The Kier molecular flexibility index (Phi) is 3.15. The summed E-state index contributed by atoms with van der Waals surface area (Å²) in [4.78, 5) is 15.3. The molecule has 4 nitrogen and oxygen atoms in total. The number of carboxylic acid groups (broad SMARTS) is 1. The van der Waals surface area contributed by atoms with Crippen LogP contribution in [0.15, 0.2) is 30.6 Å². The summed E-state index contributed by atoms with van der Waals surface area (Å²) < 4.78 is 1.87. The predicted molar refractivity (Wildman–Crippen MR) is 65.3 cm³/mol. The largest absolute Gasteiger partial charge is 0.478 e. The number of aromatic carboxylic acids is 1. The van der Waals surface area contributed by atoms with E-state index in [0.29, 0.717) is 16.4 Å². The molecular formula is C12H11ClN2O2. The molecule has 2 rings (SSSR count). The van der Waals surface area contributed by atoms with Crippen molar-refractivity contribution in [3.63, 3.8) is 0 Å². The van der Waals surface area contributed by atoms with Crippen LogP contribution < -0.4 is 0 Å². The molecular weight excluding hydrogens is 240 g/mol. The number of hydrogen-bond acceptors (Lipinski definition) is 2. The van der Waals surface area contributed by atoms with E-state index in [1.54, 1.807) is 18.3 Å². The molecule has 0 aliphatic carbocycles. The van der Waals surface area contributed by atoms with Crippen LogP contribution in [-0.2, 0) is 6.54 Å². The molecule has 17 heavy (non-hydrogen) atoms. The Morgan fingerprint density at radius 3 is 2.94 bits per heavy atom. The van der Waals surface area contributed by atoms with E-state index in [1.807, 2.05) is 17.7 Å². The Balaban J connectivity index is 2.65. The van der Waals surface area contributed by atoms with Gasteiger partial charge in [-0.05, 0) is 25.1 Å². The number of hydrogen-bond donors (Lipinski definition) is 1. The molecule has 1 N–H and O–H groups in total. The molecule has 0 saturated carbocycles. The van der Waals surface area contributed by atoms with Gasteiger partial charge in [0.05, 0.1) is 5.56 Å². The lowest BCUT2D eigenvalue weighted by Gasteiger charge is -2.08. The second-order valence-electron chi connectivity index (χ2n) is 3.53. The number of carbonyl (C=O) groups is 1. The fourth-order valence-electron chi connectivity index (χ4n) is 1.70. The van der Waals surface area contributed by atoms with Crippen molar-refractivity contribution in [3.05, 3.63) is 41.2 Å². The standard InChI is InChI=1S/C12H11ClN2O2/c1-2-15-6-5-14-11(15)10-7-8(13)3-4-9(10)12(16)17/h3-7H,2H2,1H3,(H,16,17). The minimum atomic E-state index is -0.984. The second kappa shape index (κ2) is 4.59. The predicted octanol–water partition coefficient (Wildman–Crippen LogP) is 2.92. The van der Waals surface area contributed by atoms with Gasteiger partial charge in [0.1, 0.15) is 5.82 Å². The first kappa shape index (κ1) is 11.7. The lowest BCUT2D eigenvalue weighted by atomic mass is 10.1. The third kappa shape index (κ3) is 2.17. The first-order valence-electron chi connectivity index (χ1n) is 5.18. The number of benzene rings is 1. The zero-order valence-electron chi connectivity index (χ0n) is 9.22. The van der Waals surface area contributed by atoms with E-state index in [1.165, 1.54) is 6.07 Å². The molecule has 0 bridgehead atoms. The average Bonchev–Trinajstić information content (AvgIpc) is 2.76. The van der Waals surface area contributed by atoms with Crippen LogP contribution in [0.3, 0.4) is 0 Å². The normalized spacial score (nSPS) is 10.5. The van der Waals surface area contributed by atoms with Crippen LogP contribution in [0.25, 0.3) is 11.4 Å². The third-order valence-electron chi connectivity index (χ3n) is 2.51. The van der Waals surface area contributed by atoms with Gasteiger partial charge in [-0.3, -0.25) is 0 Å². The van der Waals surface area contributed by atoms with Crippen LogP contribution in [0.5, 0.6) is 0 Å². The Hall–Kier alpha value is -1.81. The van der Waals surface area contributed by atoms with Crippen molar-refractivity contribution in [2.24, 2.45) is 0 Å². The van der Waals surface area contributed by atoms with Crippen LogP contribution >= 0.6 is 11.6 Å². The first-order valence-corrected chi connectivity index (χ1v) is 5.55. The number of carboxylic acids is 1. The molecule has 0 atom stereocenters. The smallest absolute Gasteiger partial charge is 0.336 e. The average molecular weight is 251 g/mol. The molecule has 0 radical (unpaired) electrons. The number of rotatable bonds is 3. The third-order valence-corrected chi connectivity index (χ3v) is 2.74. The van der Waals surface area contributed by atoms with Crippen molar-refractivity contribution in [1.29, 1.82) is 0 Å². The Labute approximate surface area is 103 Å². The molecule has 0 saturated heterocycles. The minimum Gasteiger partial charge on any atom is -0.478 e. The summed E-state index contributed by atoms with van der Waals surface area (Å²) in [6.07, 6.45) is 3.45. The highest BCUT2D eigenvalue weighted by Crippen LogP contribution is 2.26. The molecule has 88 valence electrons. The van der Waals surface area contributed by atoms with Gasteiger partial charge in [0.25, 0.3) is 0 Å². The number of imidazole rings is 1. The summed E-state index contributed by atoms with van der Waals surface area (Å²) in [7, 11) is 0. The van der Waals surface area contributed by atoms with Gasteiger partial charge in [0.15, 0.2) is 0 Å².